The van der Waals surface area contributed by atoms with Crippen LogP contribution < -0.4 is 4.72 Å². The molecule has 18 heavy (non-hydrogen) atoms. The second-order valence-electron chi connectivity index (χ2n) is 4.61. The Balaban J connectivity index is 1.99. The maximum atomic E-state index is 12.0. The predicted octanol–water partition coefficient (Wildman–Crippen LogP) is 1.07. The lowest BCUT2D eigenvalue weighted by Crippen LogP contribution is -2.30. The molecule has 0 aromatic carbocycles. The van der Waals surface area contributed by atoms with Crippen LogP contribution in [0.2, 0.25) is 0 Å². The summed E-state index contributed by atoms with van der Waals surface area (Å²) in [6.07, 6.45) is 3.95. The third-order valence-electron chi connectivity index (χ3n) is 3.04. The third kappa shape index (κ3) is 3.50. The highest BCUT2D eigenvalue weighted by atomic mass is 79.9. The zero-order valence-electron chi connectivity index (χ0n) is 10.1. The van der Waals surface area contributed by atoms with Crippen LogP contribution in [0.25, 0.3) is 0 Å². The first-order chi connectivity index (χ1) is 8.47. The monoisotopic (exact) mass is 333 g/mol. The molecule has 1 saturated heterocycles. The lowest BCUT2D eigenvalue weighted by molar-refractivity contribution is 0.394. The van der Waals surface area contributed by atoms with Crippen molar-refractivity contribution >= 4 is 26.0 Å². The van der Waals surface area contributed by atoms with Gasteiger partial charge in [-0.15, -0.1) is 0 Å². The largest absolute Gasteiger partial charge is 0.306 e. The molecule has 2 heterocycles. The number of nitrogens with zero attached hydrogens (tertiary/aromatic N) is 2. The molecule has 1 aromatic rings. The number of hydrogen-bond donors (Lipinski definition) is 1. The summed E-state index contributed by atoms with van der Waals surface area (Å²) in [5, 5.41) is 0. The molecule has 5 nitrogen and oxygen atoms in total. The molecule has 0 spiro atoms. The van der Waals surface area contributed by atoms with Crippen LogP contribution in [0, 0.1) is 5.92 Å². The van der Waals surface area contributed by atoms with Crippen molar-refractivity contribution < 1.29 is 8.42 Å². The maximum absolute atomic E-state index is 12.0. The molecule has 1 atom stereocenters. The molecule has 100 valence electrons. The minimum atomic E-state index is -3.45. The van der Waals surface area contributed by atoms with Crippen molar-refractivity contribution in [1.29, 1.82) is 0 Å². The van der Waals surface area contributed by atoms with E-state index in [2.05, 4.69) is 30.5 Å². The van der Waals surface area contributed by atoms with Gasteiger partial charge < -0.3 is 4.90 Å². The van der Waals surface area contributed by atoms with E-state index in [0.29, 0.717) is 16.9 Å². The molecular weight excluding hydrogens is 318 g/mol. The minimum absolute atomic E-state index is 0.197. The molecular formula is C11H16BrN3O2S. The quantitative estimate of drug-likeness (QED) is 0.895. The average Bonchev–Trinajstić information content (AvgIpc) is 2.73. The van der Waals surface area contributed by atoms with Crippen molar-refractivity contribution in [3.05, 3.63) is 22.9 Å². The molecule has 2 rings (SSSR count). The van der Waals surface area contributed by atoms with Gasteiger partial charge in [0.15, 0.2) is 0 Å². The summed E-state index contributed by atoms with van der Waals surface area (Å²) < 4.78 is 27.4. The van der Waals surface area contributed by atoms with E-state index in [-0.39, 0.29) is 4.90 Å². The predicted molar refractivity (Wildman–Crippen MR) is 72.7 cm³/mol. The molecule has 1 N–H and O–H groups in total. The van der Waals surface area contributed by atoms with Gasteiger partial charge in [-0.1, -0.05) is 0 Å². The summed E-state index contributed by atoms with van der Waals surface area (Å²) in [5.41, 5.74) is 0. The summed E-state index contributed by atoms with van der Waals surface area (Å²) in [7, 11) is -1.40. The molecule has 1 unspecified atom stereocenters. The number of likely N-dealkylation sites (tertiary alicyclic amines) is 1. The van der Waals surface area contributed by atoms with Crippen LogP contribution in [-0.4, -0.2) is 45.0 Å². The van der Waals surface area contributed by atoms with E-state index < -0.39 is 10.0 Å². The van der Waals surface area contributed by atoms with E-state index in [1.807, 2.05) is 7.05 Å². The van der Waals surface area contributed by atoms with Gasteiger partial charge in [0.1, 0.15) is 4.90 Å². The second-order valence-corrected chi connectivity index (χ2v) is 7.29. The number of pyridine rings is 1. The molecule has 7 heteroatoms. The molecule has 0 amide bonds. The summed E-state index contributed by atoms with van der Waals surface area (Å²) in [4.78, 5) is 6.27. The number of nitrogens with one attached hydrogen (secondary N) is 1. The van der Waals surface area contributed by atoms with Gasteiger partial charge in [-0.25, -0.2) is 13.1 Å². The smallest absolute Gasteiger partial charge is 0.242 e. The molecule has 0 saturated carbocycles. The Morgan fingerprint density at radius 1 is 1.56 bits per heavy atom. The summed E-state index contributed by atoms with van der Waals surface area (Å²) in [6.45, 7) is 2.46. The molecule has 1 aromatic heterocycles. The van der Waals surface area contributed by atoms with Crippen molar-refractivity contribution in [2.45, 2.75) is 11.3 Å². The van der Waals surface area contributed by atoms with Crippen LogP contribution in [0.1, 0.15) is 6.42 Å². The van der Waals surface area contributed by atoms with Crippen molar-refractivity contribution in [2.75, 3.05) is 26.7 Å². The maximum Gasteiger partial charge on any atom is 0.242 e. The molecule has 0 aliphatic carbocycles. The zero-order valence-corrected chi connectivity index (χ0v) is 12.5. The minimum Gasteiger partial charge on any atom is -0.306 e. The van der Waals surface area contributed by atoms with E-state index in [1.165, 1.54) is 6.20 Å². The summed E-state index contributed by atoms with van der Waals surface area (Å²) in [5.74, 6) is 0.393. The van der Waals surface area contributed by atoms with Crippen LogP contribution in [0.5, 0.6) is 0 Å². The molecule has 1 aliphatic rings. The zero-order chi connectivity index (χ0) is 13.2. The van der Waals surface area contributed by atoms with Gasteiger partial charge >= 0.3 is 0 Å². The lowest BCUT2D eigenvalue weighted by atomic mass is 10.1. The Labute approximate surface area is 116 Å². The van der Waals surface area contributed by atoms with Crippen LogP contribution in [0.4, 0.5) is 0 Å². The van der Waals surface area contributed by atoms with Crippen molar-refractivity contribution in [1.82, 2.24) is 14.6 Å². The van der Waals surface area contributed by atoms with Crippen molar-refractivity contribution in [2.24, 2.45) is 5.92 Å². The van der Waals surface area contributed by atoms with Gasteiger partial charge in [0.05, 0.1) is 0 Å². The van der Waals surface area contributed by atoms with E-state index in [1.54, 1.807) is 12.3 Å². The fourth-order valence-electron chi connectivity index (χ4n) is 2.04. The van der Waals surface area contributed by atoms with E-state index in [0.717, 1.165) is 19.5 Å². The fourth-order valence-corrected chi connectivity index (χ4v) is 3.66. The first-order valence-electron chi connectivity index (χ1n) is 5.76. The highest BCUT2D eigenvalue weighted by Gasteiger charge is 2.22. The van der Waals surface area contributed by atoms with Gasteiger partial charge in [-0.2, -0.15) is 0 Å². The van der Waals surface area contributed by atoms with E-state index in [4.69, 9.17) is 0 Å². The third-order valence-corrected chi connectivity index (χ3v) is 4.87. The number of aromatic nitrogens is 1. The van der Waals surface area contributed by atoms with Crippen LogP contribution in [-0.2, 0) is 10.0 Å². The summed E-state index contributed by atoms with van der Waals surface area (Å²) >= 11 is 3.22. The second kappa shape index (κ2) is 5.64. The van der Waals surface area contributed by atoms with Gasteiger partial charge in [-0.3, -0.25) is 4.98 Å². The van der Waals surface area contributed by atoms with Crippen molar-refractivity contribution in [3.8, 4) is 0 Å². The standard InChI is InChI=1S/C11H16BrN3O2S/c1-15-3-2-9(8-15)5-14-18(16,17)11-4-10(12)6-13-7-11/h4,6-7,9,14H,2-3,5,8H2,1H3. The Hall–Kier alpha value is -0.500. The molecule has 1 aliphatic heterocycles. The van der Waals surface area contributed by atoms with Crippen LogP contribution >= 0.6 is 15.9 Å². The number of hydrogen-bond acceptors (Lipinski definition) is 4. The molecule has 0 radical (unpaired) electrons. The highest BCUT2D eigenvalue weighted by Crippen LogP contribution is 2.16. The SMILES string of the molecule is CN1CCC(CNS(=O)(=O)c2cncc(Br)c2)C1. The molecule has 1 fully saturated rings. The number of halogens is 1. The van der Waals surface area contributed by atoms with Gasteiger partial charge in [0.2, 0.25) is 10.0 Å². The Morgan fingerprint density at radius 2 is 2.33 bits per heavy atom. The van der Waals surface area contributed by atoms with Gasteiger partial charge in [-0.05, 0) is 47.9 Å². The summed E-state index contributed by atoms with van der Waals surface area (Å²) in [6, 6.07) is 1.55. The lowest BCUT2D eigenvalue weighted by Gasteiger charge is -2.12. The Kier molecular flexibility index (Phi) is 4.37. The van der Waals surface area contributed by atoms with Crippen LogP contribution in [0.15, 0.2) is 27.8 Å². The van der Waals surface area contributed by atoms with E-state index >= 15 is 0 Å². The van der Waals surface area contributed by atoms with Crippen LogP contribution in [0.3, 0.4) is 0 Å². The van der Waals surface area contributed by atoms with Gasteiger partial charge in [0.25, 0.3) is 0 Å². The first-order valence-corrected chi connectivity index (χ1v) is 8.04. The molecule has 0 bridgehead atoms. The Morgan fingerprint density at radius 3 is 2.94 bits per heavy atom. The highest BCUT2D eigenvalue weighted by molar-refractivity contribution is 9.10. The Bertz CT molecular complexity index is 521. The van der Waals surface area contributed by atoms with E-state index in [9.17, 15) is 8.42 Å². The number of rotatable bonds is 4. The van der Waals surface area contributed by atoms with Crippen molar-refractivity contribution in [3.63, 3.8) is 0 Å². The topological polar surface area (TPSA) is 62.3 Å². The normalized spacial score (nSPS) is 21.3. The first kappa shape index (κ1) is 13.9. The number of sulfonamides is 1. The van der Waals surface area contributed by atoms with Gasteiger partial charge in [0, 0.05) is 30.0 Å². The average molecular weight is 334 g/mol. The fraction of sp³-hybridized carbons (Fsp3) is 0.545.